The summed E-state index contributed by atoms with van der Waals surface area (Å²) in [6.07, 6.45) is -5.40. The molecule has 3 aromatic rings. The summed E-state index contributed by atoms with van der Waals surface area (Å²) in [5.74, 6) is -3.81. The van der Waals surface area contributed by atoms with Crippen molar-refractivity contribution in [2.45, 2.75) is 18.6 Å². The predicted molar refractivity (Wildman–Crippen MR) is 98.7 cm³/mol. The quantitative estimate of drug-likeness (QED) is 0.690. The topological polar surface area (TPSA) is 66.4 Å². The molecule has 3 aromatic carbocycles. The van der Waals surface area contributed by atoms with Crippen LogP contribution in [0.1, 0.15) is 5.56 Å². The van der Waals surface area contributed by atoms with Crippen molar-refractivity contribution >= 4 is 22.6 Å². The van der Waals surface area contributed by atoms with E-state index in [-0.39, 0.29) is 6.42 Å². The third kappa shape index (κ3) is 4.49. The summed E-state index contributed by atoms with van der Waals surface area (Å²) >= 11 is 0. The highest BCUT2D eigenvalue weighted by Gasteiger charge is 2.40. The van der Waals surface area contributed by atoms with Gasteiger partial charge in [-0.25, -0.2) is 4.79 Å². The van der Waals surface area contributed by atoms with Gasteiger partial charge in [-0.3, -0.25) is 4.79 Å². The van der Waals surface area contributed by atoms with Gasteiger partial charge in [0.15, 0.2) is 0 Å². The standard InChI is InChI=1S/C21H16F3NO3/c22-21(23,24)20(28)25-18(19(26)27)11-13-4-3-7-15(10-13)17-9-8-14-5-1-2-6-16(14)12-17/h1-10,12,18H,11H2,(H,25,28)(H,26,27)/t18-/m0/s1. The molecule has 0 aliphatic heterocycles. The summed E-state index contributed by atoms with van der Waals surface area (Å²) in [6.45, 7) is 0. The highest BCUT2D eigenvalue weighted by atomic mass is 19.4. The minimum absolute atomic E-state index is 0.265. The fourth-order valence-corrected chi connectivity index (χ4v) is 2.92. The van der Waals surface area contributed by atoms with Crippen LogP contribution in [0.3, 0.4) is 0 Å². The summed E-state index contributed by atoms with van der Waals surface area (Å²) < 4.78 is 37.3. The van der Waals surface area contributed by atoms with Crippen LogP contribution in [0.5, 0.6) is 0 Å². The molecule has 0 aromatic heterocycles. The minimum Gasteiger partial charge on any atom is -0.480 e. The van der Waals surface area contributed by atoms with Gasteiger partial charge in [0.05, 0.1) is 0 Å². The lowest BCUT2D eigenvalue weighted by atomic mass is 9.97. The Labute approximate surface area is 158 Å². The maximum atomic E-state index is 12.4. The molecule has 0 fully saturated rings. The van der Waals surface area contributed by atoms with Gasteiger partial charge in [0, 0.05) is 6.42 Å². The van der Waals surface area contributed by atoms with Crippen molar-refractivity contribution in [2.24, 2.45) is 0 Å². The fraction of sp³-hybridized carbons (Fsp3) is 0.143. The lowest BCUT2D eigenvalue weighted by Gasteiger charge is -2.16. The van der Waals surface area contributed by atoms with Crippen molar-refractivity contribution in [3.63, 3.8) is 0 Å². The second-order valence-electron chi connectivity index (χ2n) is 6.33. The Hall–Kier alpha value is -3.35. The number of nitrogens with one attached hydrogen (secondary N) is 1. The van der Waals surface area contributed by atoms with Crippen molar-refractivity contribution in [3.8, 4) is 11.1 Å². The zero-order valence-electron chi connectivity index (χ0n) is 14.5. The second-order valence-corrected chi connectivity index (χ2v) is 6.33. The van der Waals surface area contributed by atoms with Crippen molar-refractivity contribution in [1.82, 2.24) is 5.32 Å². The molecule has 4 nitrogen and oxygen atoms in total. The number of fused-ring (bicyclic) bond motifs is 1. The highest BCUT2D eigenvalue weighted by Crippen LogP contribution is 2.25. The Kier molecular flexibility index (Phi) is 5.35. The molecule has 144 valence electrons. The van der Waals surface area contributed by atoms with Crippen LogP contribution < -0.4 is 5.32 Å². The Bertz CT molecular complexity index is 1030. The average molecular weight is 387 g/mol. The normalized spacial score (nSPS) is 12.5. The smallest absolute Gasteiger partial charge is 0.471 e. The number of hydrogen-bond donors (Lipinski definition) is 2. The largest absolute Gasteiger partial charge is 0.480 e. The third-order valence-corrected chi connectivity index (χ3v) is 4.31. The molecule has 0 aliphatic rings. The first-order valence-corrected chi connectivity index (χ1v) is 8.42. The van der Waals surface area contributed by atoms with Gasteiger partial charge in [-0.15, -0.1) is 0 Å². The van der Waals surface area contributed by atoms with E-state index >= 15 is 0 Å². The molecule has 1 atom stereocenters. The van der Waals surface area contributed by atoms with Crippen molar-refractivity contribution in [3.05, 3.63) is 72.3 Å². The third-order valence-electron chi connectivity index (χ3n) is 4.31. The lowest BCUT2D eigenvalue weighted by Crippen LogP contribution is -2.47. The van der Waals surface area contributed by atoms with Crippen LogP contribution in [0.25, 0.3) is 21.9 Å². The molecule has 7 heteroatoms. The Morgan fingerprint density at radius 3 is 2.25 bits per heavy atom. The molecule has 0 radical (unpaired) electrons. The molecular weight excluding hydrogens is 371 g/mol. The molecule has 1 amide bonds. The Morgan fingerprint density at radius 1 is 0.893 bits per heavy atom. The number of carboxylic acids is 1. The highest BCUT2D eigenvalue weighted by molar-refractivity contribution is 5.88. The van der Waals surface area contributed by atoms with E-state index in [1.54, 1.807) is 18.2 Å². The summed E-state index contributed by atoms with van der Waals surface area (Å²) in [5, 5.41) is 12.8. The molecule has 0 saturated carbocycles. The first-order valence-electron chi connectivity index (χ1n) is 8.42. The van der Waals surface area contributed by atoms with Crippen molar-refractivity contribution < 1.29 is 27.9 Å². The number of halogens is 3. The van der Waals surface area contributed by atoms with E-state index in [1.165, 1.54) is 5.32 Å². The number of carbonyl (C=O) groups is 2. The van der Waals surface area contributed by atoms with Crippen LogP contribution in [-0.4, -0.2) is 29.2 Å². The summed E-state index contributed by atoms with van der Waals surface area (Å²) in [4.78, 5) is 22.4. The number of hydrogen-bond acceptors (Lipinski definition) is 2. The maximum Gasteiger partial charge on any atom is 0.471 e. The summed E-state index contributed by atoms with van der Waals surface area (Å²) in [7, 11) is 0. The number of rotatable bonds is 5. The monoisotopic (exact) mass is 387 g/mol. The van der Waals surface area contributed by atoms with Gasteiger partial charge < -0.3 is 10.4 Å². The van der Waals surface area contributed by atoms with Crippen LogP contribution in [0, 0.1) is 0 Å². The number of amides is 1. The first kappa shape index (κ1) is 19.4. The first-order chi connectivity index (χ1) is 13.2. The van der Waals surface area contributed by atoms with E-state index in [4.69, 9.17) is 0 Å². The SMILES string of the molecule is O=C(O)[C@H](Cc1cccc(-c2ccc3ccccc3c2)c1)NC(=O)C(F)(F)F. The second kappa shape index (κ2) is 7.72. The van der Waals surface area contributed by atoms with E-state index in [0.29, 0.717) is 5.56 Å². The number of aliphatic carboxylic acids is 1. The van der Waals surface area contributed by atoms with Gasteiger partial charge >= 0.3 is 18.1 Å². The number of alkyl halides is 3. The Balaban J connectivity index is 1.85. The molecule has 0 spiro atoms. The molecule has 0 unspecified atom stereocenters. The van der Waals surface area contributed by atoms with Gasteiger partial charge in [0.2, 0.25) is 0 Å². The number of carboxylic acid groups (broad SMARTS) is 1. The number of benzene rings is 3. The van der Waals surface area contributed by atoms with E-state index in [0.717, 1.165) is 21.9 Å². The van der Waals surface area contributed by atoms with E-state index in [2.05, 4.69) is 0 Å². The minimum atomic E-state index is -5.14. The van der Waals surface area contributed by atoms with Gasteiger partial charge in [-0.05, 0) is 33.5 Å². The van der Waals surface area contributed by atoms with Gasteiger partial charge in [-0.2, -0.15) is 13.2 Å². The molecule has 28 heavy (non-hydrogen) atoms. The fourth-order valence-electron chi connectivity index (χ4n) is 2.92. The average Bonchev–Trinajstić information content (AvgIpc) is 2.66. The maximum absolute atomic E-state index is 12.4. The molecular formula is C21H16F3NO3. The van der Waals surface area contributed by atoms with E-state index < -0.39 is 24.1 Å². The lowest BCUT2D eigenvalue weighted by molar-refractivity contribution is -0.175. The Morgan fingerprint density at radius 2 is 1.57 bits per heavy atom. The molecule has 0 aliphatic carbocycles. The molecule has 0 saturated heterocycles. The van der Waals surface area contributed by atoms with Crippen LogP contribution in [0.15, 0.2) is 66.7 Å². The zero-order chi connectivity index (χ0) is 20.3. The van der Waals surface area contributed by atoms with Crippen molar-refractivity contribution in [1.29, 1.82) is 0 Å². The summed E-state index contributed by atoms with van der Waals surface area (Å²) in [6, 6.07) is 18.8. The number of carbonyl (C=O) groups excluding carboxylic acids is 1. The molecule has 2 N–H and O–H groups in total. The van der Waals surface area contributed by atoms with Gasteiger partial charge in [0.25, 0.3) is 0 Å². The molecule has 0 bridgehead atoms. The van der Waals surface area contributed by atoms with Gasteiger partial charge in [0.1, 0.15) is 6.04 Å². The molecule has 0 heterocycles. The van der Waals surface area contributed by atoms with Crippen molar-refractivity contribution in [2.75, 3.05) is 0 Å². The van der Waals surface area contributed by atoms with Crippen LogP contribution in [-0.2, 0) is 16.0 Å². The van der Waals surface area contributed by atoms with Crippen LogP contribution >= 0.6 is 0 Å². The summed E-state index contributed by atoms with van der Waals surface area (Å²) in [5.41, 5.74) is 2.20. The zero-order valence-corrected chi connectivity index (χ0v) is 14.5. The van der Waals surface area contributed by atoms with Crippen LogP contribution in [0.2, 0.25) is 0 Å². The van der Waals surface area contributed by atoms with Gasteiger partial charge in [-0.1, -0.05) is 60.7 Å². The van der Waals surface area contributed by atoms with E-state index in [9.17, 15) is 27.9 Å². The van der Waals surface area contributed by atoms with E-state index in [1.807, 2.05) is 48.5 Å². The predicted octanol–water partition coefficient (Wildman–Crippen LogP) is 4.18. The van der Waals surface area contributed by atoms with Crippen LogP contribution in [0.4, 0.5) is 13.2 Å². The molecule has 3 rings (SSSR count).